The minimum Gasteiger partial charge on any atom is -0.382 e. The maximum atomic E-state index is 11.7. The molecule has 0 saturated carbocycles. The minimum absolute atomic E-state index is 0.138. The minimum atomic E-state index is -3.37. The van der Waals surface area contributed by atoms with Crippen LogP contribution in [0, 0.1) is 6.92 Å². The summed E-state index contributed by atoms with van der Waals surface area (Å²) in [6.45, 7) is 5.67. The van der Waals surface area contributed by atoms with Gasteiger partial charge in [-0.25, -0.2) is 18.4 Å². The van der Waals surface area contributed by atoms with Gasteiger partial charge in [0.05, 0.1) is 10.6 Å². The summed E-state index contributed by atoms with van der Waals surface area (Å²) in [6.07, 6.45) is 1.13. The van der Waals surface area contributed by atoms with Crippen LogP contribution in [0.2, 0.25) is 5.02 Å². The Bertz CT molecular complexity index is 763. The second kappa shape index (κ2) is 7.42. The normalized spacial score (nSPS) is 10.6. The number of nitrogen functional groups attached to an aromatic ring is 1. The smallest absolute Gasteiger partial charge is 0.177 e. The molecule has 22 heavy (non-hydrogen) atoms. The Hall–Kier alpha value is -1.86. The fraction of sp³-hybridized carbons (Fsp3) is 0.286. The Balaban J connectivity index is 0.00000116. The Morgan fingerprint density at radius 2 is 1.77 bits per heavy atom. The molecule has 0 saturated heterocycles. The number of aryl methyl sites for hydroxylation is 1. The van der Waals surface area contributed by atoms with Crippen LogP contribution in [0.5, 0.6) is 0 Å². The number of para-hydroxylation sites is 1. The average Bonchev–Trinajstić information content (AvgIpc) is 2.46. The van der Waals surface area contributed by atoms with Crippen molar-refractivity contribution in [3.63, 3.8) is 0 Å². The molecule has 0 aliphatic rings. The predicted molar refractivity (Wildman–Crippen MR) is 90.4 cm³/mol. The summed E-state index contributed by atoms with van der Waals surface area (Å²) in [5.74, 6) is 0.845. The third-order valence-electron chi connectivity index (χ3n) is 2.53. The largest absolute Gasteiger partial charge is 0.382 e. The van der Waals surface area contributed by atoms with Gasteiger partial charge in [0.1, 0.15) is 16.7 Å². The van der Waals surface area contributed by atoms with Gasteiger partial charge in [-0.05, 0) is 19.1 Å². The lowest BCUT2D eigenvalue weighted by molar-refractivity contribution is 0.602. The first-order chi connectivity index (χ1) is 10.3. The molecule has 120 valence electrons. The van der Waals surface area contributed by atoms with E-state index in [9.17, 15) is 8.42 Å². The summed E-state index contributed by atoms with van der Waals surface area (Å²) in [7, 11) is -3.37. The van der Waals surface area contributed by atoms with Gasteiger partial charge in [0.2, 0.25) is 0 Å². The third kappa shape index (κ3) is 4.32. The summed E-state index contributed by atoms with van der Waals surface area (Å²) in [4.78, 5) is 8.20. The van der Waals surface area contributed by atoms with Crippen LogP contribution in [0.1, 0.15) is 19.7 Å². The monoisotopic (exact) mass is 342 g/mol. The third-order valence-corrected chi connectivity index (χ3v) is 4.06. The summed E-state index contributed by atoms with van der Waals surface area (Å²) in [5.41, 5.74) is 6.04. The molecule has 0 bridgehead atoms. The van der Waals surface area contributed by atoms with Gasteiger partial charge < -0.3 is 11.1 Å². The lowest BCUT2D eigenvalue weighted by atomic mass is 10.3. The van der Waals surface area contributed by atoms with Crippen molar-refractivity contribution in [1.82, 2.24) is 9.97 Å². The van der Waals surface area contributed by atoms with Crippen LogP contribution in [0.25, 0.3) is 0 Å². The van der Waals surface area contributed by atoms with E-state index >= 15 is 0 Å². The van der Waals surface area contributed by atoms with Crippen LogP contribution < -0.4 is 11.1 Å². The highest BCUT2D eigenvalue weighted by Gasteiger charge is 2.15. The molecule has 0 unspecified atom stereocenters. The summed E-state index contributed by atoms with van der Waals surface area (Å²) in [6, 6.07) is 6.48. The lowest BCUT2D eigenvalue weighted by Crippen LogP contribution is -2.06. The van der Waals surface area contributed by atoms with Crippen LogP contribution in [0.3, 0.4) is 0 Å². The van der Waals surface area contributed by atoms with Gasteiger partial charge in [0.25, 0.3) is 0 Å². The molecule has 2 aromatic rings. The van der Waals surface area contributed by atoms with Crippen molar-refractivity contribution in [3.05, 3.63) is 35.1 Å². The number of nitrogens with one attached hydrogen (secondary N) is 1. The molecular formula is C14H19ClN4O2S. The Labute approximate surface area is 135 Å². The van der Waals surface area contributed by atoms with E-state index in [1.807, 2.05) is 13.8 Å². The van der Waals surface area contributed by atoms with E-state index in [2.05, 4.69) is 15.3 Å². The van der Waals surface area contributed by atoms with Gasteiger partial charge in [-0.3, -0.25) is 0 Å². The number of benzene rings is 1. The van der Waals surface area contributed by atoms with Gasteiger partial charge in [0, 0.05) is 6.26 Å². The first-order valence-corrected chi connectivity index (χ1v) is 8.91. The van der Waals surface area contributed by atoms with Crippen molar-refractivity contribution in [2.24, 2.45) is 0 Å². The predicted octanol–water partition coefficient (Wildman–Crippen LogP) is 3.19. The second-order valence-electron chi connectivity index (χ2n) is 4.21. The van der Waals surface area contributed by atoms with Crippen molar-refractivity contribution < 1.29 is 8.42 Å². The zero-order valence-electron chi connectivity index (χ0n) is 12.9. The number of anilines is 3. The van der Waals surface area contributed by atoms with E-state index in [1.54, 1.807) is 25.1 Å². The van der Waals surface area contributed by atoms with Gasteiger partial charge in [-0.2, -0.15) is 0 Å². The van der Waals surface area contributed by atoms with Crippen LogP contribution in [-0.2, 0) is 9.84 Å². The first-order valence-electron chi connectivity index (χ1n) is 6.65. The van der Waals surface area contributed by atoms with Crippen molar-refractivity contribution in [2.75, 3.05) is 17.3 Å². The zero-order valence-corrected chi connectivity index (χ0v) is 14.5. The molecule has 8 heteroatoms. The van der Waals surface area contributed by atoms with E-state index in [1.165, 1.54) is 6.07 Å². The summed E-state index contributed by atoms with van der Waals surface area (Å²) >= 11 is 6.02. The van der Waals surface area contributed by atoms with Crippen LogP contribution >= 0.6 is 11.6 Å². The molecule has 0 fully saturated rings. The highest BCUT2D eigenvalue weighted by Crippen LogP contribution is 2.30. The SMILES string of the molecule is CC.Cc1nc(N)c(Cl)c(Nc2ccccc2S(C)(=O)=O)n1. The molecule has 0 aliphatic carbocycles. The molecule has 2 rings (SSSR count). The maximum absolute atomic E-state index is 11.7. The summed E-state index contributed by atoms with van der Waals surface area (Å²) < 4.78 is 23.5. The molecule has 0 spiro atoms. The fourth-order valence-electron chi connectivity index (χ4n) is 1.68. The van der Waals surface area contributed by atoms with E-state index < -0.39 is 9.84 Å². The van der Waals surface area contributed by atoms with Gasteiger partial charge in [-0.1, -0.05) is 37.6 Å². The number of halogens is 1. The number of sulfone groups is 1. The maximum Gasteiger partial charge on any atom is 0.177 e. The highest BCUT2D eigenvalue weighted by molar-refractivity contribution is 7.90. The van der Waals surface area contributed by atoms with Crippen molar-refractivity contribution in [2.45, 2.75) is 25.7 Å². The van der Waals surface area contributed by atoms with Crippen molar-refractivity contribution >= 4 is 38.8 Å². The Morgan fingerprint density at radius 1 is 1.18 bits per heavy atom. The van der Waals surface area contributed by atoms with Crippen molar-refractivity contribution in [1.29, 1.82) is 0 Å². The summed E-state index contributed by atoms with van der Waals surface area (Å²) in [5, 5.41) is 3.04. The number of nitrogens with zero attached hydrogens (tertiary/aromatic N) is 2. The second-order valence-corrected chi connectivity index (χ2v) is 6.57. The standard InChI is InChI=1S/C12H13ClN4O2S.C2H6/c1-7-15-11(14)10(13)12(16-7)17-8-5-3-4-6-9(8)20(2,18)19;1-2/h3-6H,1-2H3,(H3,14,15,16,17);1-2H3. The molecule has 1 heterocycles. The van der Waals surface area contributed by atoms with Crippen molar-refractivity contribution in [3.8, 4) is 0 Å². The molecule has 0 radical (unpaired) electrons. The van der Waals surface area contributed by atoms with Crippen LogP contribution in [-0.4, -0.2) is 24.6 Å². The molecule has 6 nitrogen and oxygen atoms in total. The van der Waals surface area contributed by atoms with E-state index in [-0.39, 0.29) is 21.6 Å². The molecule has 0 aliphatic heterocycles. The molecule has 1 aromatic carbocycles. The number of aromatic nitrogens is 2. The zero-order chi connectivity index (χ0) is 16.9. The lowest BCUT2D eigenvalue weighted by Gasteiger charge is -2.12. The number of hydrogen-bond donors (Lipinski definition) is 2. The molecular weight excluding hydrogens is 324 g/mol. The molecule has 0 atom stereocenters. The van der Waals surface area contributed by atoms with Gasteiger partial charge >= 0.3 is 0 Å². The van der Waals surface area contributed by atoms with Crippen LogP contribution in [0.4, 0.5) is 17.3 Å². The molecule has 3 N–H and O–H groups in total. The Kier molecular flexibility index (Phi) is 6.13. The molecule has 0 amide bonds. The van der Waals surface area contributed by atoms with E-state index in [0.29, 0.717) is 11.5 Å². The highest BCUT2D eigenvalue weighted by atomic mass is 35.5. The number of rotatable bonds is 3. The van der Waals surface area contributed by atoms with Gasteiger partial charge in [-0.15, -0.1) is 0 Å². The van der Waals surface area contributed by atoms with E-state index in [0.717, 1.165) is 6.26 Å². The molecule has 1 aromatic heterocycles. The Morgan fingerprint density at radius 3 is 2.36 bits per heavy atom. The topological polar surface area (TPSA) is 98.0 Å². The average molecular weight is 343 g/mol. The fourth-order valence-corrected chi connectivity index (χ4v) is 2.66. The number of nitrogens with two attached hydrogens (primary N) is 1. The van der Waals surface area contributed by atoms with Crippen LogP contribution in [0.15, 0.2) is 29.2 Å². The first kappa shape index (κ1) is 18.2. The van der Waals surface area contributed by atoms with E-state index in [4.69, 9.17) is 17.3 Å². The number of hydrogen-bond acceptors (Lipinski definition) is 6. The quantitative estimate of drug-likeness (QED) is 0.888. The van der Waals surface area contributed by atoms with Gasteiger partial charge in [0.15, 0.2) is 15.7 Å².